The third kappa shape index (κ3) is 6.11. The van der Waals surface area contributed by atoms with Gasteiger partial charge in [0.25, 0.3) is 5.91 Å². The summed E-state index contributed by atoms with van der Waals surface area (Å²) >= 11 is 0. The van der Waals surface area contributed by atoms with Crippen LogP contribution in [-0.4, -0.2) is 50.9 Å². The fraction of sp³-hybridized carbons (Fsp3) is 0.333. The van der Waals surface area contributed by atoms with Crippen molar-refractivity contribution in [2.45, 2.75) is 13.0 Å². The molecule has 0 aliphatic rings. The predicted molar refractivity (Wildman–Crippen MR) is 104 cm³/mol. The van der Waals surface area contributed by atoms with Crippen LogP contribution in [0.4, 0.5) is 0 Å². The first-order valence-electron chi connectivity index (χ1n) is 8.71. The number of Topliss-reactive ketones (excluding diaryl/α,β-unsaturated/α-hetero) is 1. The summed E-state index contributed by atoms with van der Waals surface area (Å²) in [5.41, 5.74) is 1.60. The topological polar surface area (TPSA) is 67.9 Å². The van der Waals surface area contributed by atoms with Gasteiger partial charge in [-0.2, -0.15) is 0 Å². The zero-order valence-electron chi connectivity index (χ0n) is 16.2. The van der Waals surface area contributed by atoms with Gasteiger partial charge in [-0.25, -0.2) is 0 Å². The Balaban J connectivity index is 1.92. The lowest BCUT2D eigenvalue weighted by Gasteiger charge is -2.25. The van der Waals surface area contributed by atoms with Crippen LogP contribution in [-0.2, 0) is 4.79 Å². The molecule has 2 rings (SSSR count). The maximum absolute atomic E-state index is 12.2. The lowest BCUT2D eigenvalue weighted by Crippen LogP contribution is -2.36. The SMILES string of the molecule is COc1cccc(C(CNC(=O)COc2cccc(C(C)=O)c2)N(C)C)c1. The number of nitrogens with one attached hydrogen (secondary N) is 1. The number of carbonyl (C=O) groups excluding carboxylic acids is 2. The second-order valence-corrected chi connectivity index (χ2v) is 6.43. The molecule has 0 spiro atoms. The number of likely N-dealkylation sites (N-methyl/N-ethyl adjacent to an activating group) is 1. The van der Waals surface area contributed by atoms with E-state index in [-0.39, 0.29) is 24.3 Å². The number of methoxy groups -OCH3 is 1. The molecule has 6 nitrogen and oxygen atoms in total. The highest BCUT2D eigenvalue weighted by Crippen LogP contribution is 2.22. The van der Waals surface area contributed by atoms with Crippen LogP contribution in [0.5, 0.6) is 11.5 Å². The molecule has 27 heavy (non-hydrogen) atoms. The molecule has 0 bridgehead atoms. The van der Waals surface area contributed by atoms with Gasteiger partial charge in [0.1, 0.15) is 11.5 Å². The minimum atomic E-state index is -0.224. The lowest BCUT2D eigenvalue weighted by atomic mass is 10.1. The smallest absolute Gasteiger partial charge is 0.258 e. The van der Waals surface area contributed by atoms with Gasteiger partial charge in [0.2, 0.25) is 0 Å². The Morgan fingerprint density at radius 3 is 2.44 bits per heavy atom. The van der Waals surface area contributed by atoms with Gasteiger partial charge >= 0.3 is 0 Å². The maximum Gasteiger partial charge on any atom is 0.258 e. The van der Waals surface area contributed by atoms with E-state index in [0.29, 0.717) is 17.9 Å². The molecule has 2 aromatic rings. The molecule has 144 valence electrons. The van der Waals surface area contributed by atoms with Crippen LogP contribution in [0, 0.1) is 0 Å². The van der Waals surface area contributed by atoms with Gasteiger partial charge in [-0.05, 0) is 50.8 Å². The van der Waals surface area contributed by atoms with E-state index in [2.05, 4.69) is 5.32 Å². The number of hydrogen-bond donors (Lipinski definition) is 1. The molecule has 2 aromatic carbocycles. The summed E-state index contributed by atoms with van der Waals surface area (Å²) in [6.45, 7) is 1.82. The summed E-state index contributed by atoms with van der Waals surface area (Å²) in [7, 11) is 5.55. The van der Waals surface area contributed by atoms with Crippen LogP contribution in [0.1, 0.15) is 28.9 Å². The Labute approximate surface area is 160 Å². The summed E-state index contributed by atoms with van der Waals surface area (Å²) in [6, 6.07) is 14.6. The third-order valence-corrected chi connectivity index (χ3v) is 4.20. The second kappa shape index (κ2) is 9.73. The summed E-state index contributed by atoms with van der Waals surface area (Å²) < 4.78 is 10.8. The molecule has 0 aliphatic heterocycles. The number of benzene rings is 2. The zero-order valence-corrected chi connectivity index (χ0v) is 16.2. The minimum Gasteiger partial charge on any atom is -0.497 e. The van der Waals surface area contributed by atoms with Crippen molar-refractivity contribution in [2.24, 2.45) is 0 Å². The molecule has 1 amide bonds. The number of amides is 1. The minimum absolute atomic E-state index is 0.00471. The van der Waals surface area contributed by atoms with Crippen LogP contribution in [0.25, 0.3) is 0 Å². The zero-order chi connectivity index (χ0) is 19.8. The third-order valence-electron chi connectivity index (χ3n) is 4.20. The van der Waals surface area contributed by atoms with Crippen LogP contribution in [0.2, 0.25) is 0 Å². The van der Waals surface area contributed by atoms with Crippen molar-refractivity contribution in [3.63, 3.8) is 0 Å². The molecule has 0 aliphatic carbocycles. The van der Waals surface area contributed by atoms with Crippen LogP contribution < -0.4 is 14.8 Å². The van der Waals surface area contributed by atoms with Gasteiger partial charge in [0.05, 0.1) is 13.2 Å². The fourth-order valence-corrected chi connectivity index (χ4v) is 2.66. The Kier molecular flexibility index (Phi) is 7.37. The molecule has 1 N–H and O–H groups in total. The van der Waals surface area contributed by atoms with Crippen LogP contribution >= 0.6 is 0 Å². The molecule has 0 aromatic heterocycles. The van der Waals surface area contributed by atoms with Crippen molar-refractivity contribution >= 4 is 11.7 Å². The van der Waals surface area contributed by atoms with Crippen molar-refractivity contribution in [2.75, 3.05) is 34.4 Å². The highest BCUT2D eigenvalue weighted by atomic mass is 16.5. The Morgan fingerprint density at radius 2 is 1.78 bits per heavy atom. The quantitative estimate of drug-likeness (QED) is 0.688. The number of ether oxygens (including phenoxy) is 2. The Hall–Kier alpha value is -2.86. The first kappa shape index (κ1) is 20.5. The van der Waals surface area contributed by atoms with Crippen molar-refractivity contribution in [3.8, 4) is 11.5 Å². The number of ketones is 1. The van der Waals surface area contributed by atoms with E-state index < -0.39 is 0 Å². The number of nitrogens with zero attached hydrogens (tertiary/aromatic N) is 1. The van der Waals surface area contributed by atoms with E-state index in [1.54, 1.807) is 31.4 Å². The summed E-state index contributed by atoms with van der Waals surface area (Å²) in [6.07, 6.45) is 0. The van der Waals surface area contributed by atoms with E-state index in [0.717, 1.165) is 11.3 Å². The van der Waals surface area contributed by atoms with Gasteiger partial charge in [0.15, 0.2) is 12.4 Å². The van der Waals surface area contributed by atoms with E-state index in [1.165, 1.54) is 6.92 Å². The molecular weight excluding hydrogens is 344 g/mol. The molecule has 0 heterocycles. The largest absolute Gasteiger partial charge is 0.497 e. The lowest BCUT2D eigenvalue weighted by molar-refractivity contribution is -0.123. The summed E-state index contributed by atoms with van der Waals surface area (Å²) in [5.74, 6) is 1.00. The number of carbonyl (C=O) groups is 2. The second-order valence-electron chi connectivity index (χ2n) is 6.43. The Morgan fingerprint density at radius 1 is 1.07 bits per heavy atom. The van der Waals surface area contributed by atoms with Gasteiger partial charge in [-0.1, -0.05) is 24.3 Å². The van der Waals surface area contributed by atoms with Gasteiger partial charge in [-0.15, -0.1) is 0 Å². The standard InChI is InChI=1S/C21H26N2O4/c1-15(24)16-7-5-10-19(11-16)27-14-21(25)22-13-20(23(2)3)17-8-6-9-18(12-17)26-4/h5-12,20H,13-14H2,1-4H3,(H,22,25). The first-order valence-corrected chi connectivity index (χ1v) is 8.71. The van der Waals surface area contributed by atoms with E-state index >= 15 is 0 Å². The van der Waals surface area contributed by atoms with Gasteiger partial charge in [-0.3, -0.25) is 9.59 Å². The van der Waals surface area contributed by atoms with Gasteiger partial charge < -0.3 is 19.7 Å². The predicted octanol–water partition coefficient (Wildman–Crippen LogP) is 2.70. The molecule has 0 radical (unpaired) electrons. The first-order chi connectivity index (χ1) is 12.9. The summed E-state index contributed by atoms with van der Waals surface area (Å²) in [5, 5.41) is 2.89. The molecular formula is C21H26N2O4. The molecule has 1 atom stereocenters. The monoisotopic (exact) mass is 370 g/mol. The van der Waals surface area contributed by atoms with E-state index in [9.17, 15) is 9.59 Å². The van der Waals surface area contributed by atoms with Crippen molar-refractivity contribution in [1.82, 2.24) is 10.2 Å². The number of hydrogen-bond acceptors (Lipinski definition) is 5. The van der Waals surface area contributed by atoms with Crippen molar-refractivity contribution in [3.05, 3.63) is 59.7 Å². The highest BCUT2D eigenvalue weighted by Gasteiger charge is 2.16. The Bertz CT molecular complexity index is 789. The van der Waals surface area contributed by atoms with Crippen molar-refractivity contribution in [1.29, 1.82) is 0 Å². The van der Waals surface area contributed by atoms with Crippen molar-refractivity contribution < 1.29 is 19.1 Å². The molecule has 0 saturated heterocycles. The number of rotatable bonds is 9. The molecule has 1 unspecified atom stereocenters. The average Bonchev–Trinajstić information content (AvgIpc) is 2.66. The maximum atomic E-state index is 12.2. The molecule has 0 fully saturated rings. The normalized spacial score (nSPS) is 11.7. The summed E-state index contributed by atoms with van der Waals surface area (Å²) in [4.78, 5) is 25.6. The fourth-order valence-electron chi connectivity index (χ4n) is 2.66. The van der Waals surface area contributed by atoms with Gasteiger partial charge in [0, 0.05) is 12.1 Å². The molecule has 0 saturated carbocycles. The highest BCUT2D eigenvalue weighted by molar-refractivity contribution is 5.94. The van der Waals surface area contributed by atoms with Crippen LogP contribution in [0.15, 0.2) is 48.5 Å². The molecule has 6 heteroatoms. The van der Waals surface area contributed by atoms with Crippen LogP contribution in [0.3, 0.4) is 0 Å². The average molecular weight is 370 g/mol. The van der Waals surface area contributed by atoms with E-state index in [4.69, 9.17) is 9.47 Å². The van der Waals surface area contributed by atoms with E-state index in [1.807, 2.05) is 43.3 Å².